The Morgan fingerprint density at radius 2 is 2.17 bits per heavy atom. The lowest BCUT2D eigenvalue weighted by molar-refractivity contribution is -0.120. The van der Waals surface area contributed by atoms with Crippen molar-refractivity contribution in [1.82, 2.24) is 14.9 Å². The molecule has 2 aromatic carbocycles. The van der Waals surface area contributed by atoms with Crippen molar-refractivity contribution in [2.24, 2.45) is 0 Å². The minimum atomic E-state index is -0.266. The summed E-state index contributed by atoms with van der Waals surface area (Å²) in [6, 6.07) is 16.0. The van der Waals surface area contributed by atoms with E-state index in [9.17, 15) is 4.79 Å². The van der Waals surface area contributed by atoms with E-state index >= 15 is 0 Å². The number of nitrogens with zero attached hydrogens (tertiary/aromatic N) is 2. The number of halogens is 1. The van der Waals surface area contributed by atoms with E-state index in [0.29, 0.717) is 18.1 Å². The van der Waals surface area contributed by atoms with Gasteiger partial charge in [0.25, 0.3) is 0 Å². The third kappa shape index (κ3) is 4.94. The first-order valence-electron chi connectivity index (χ1n) is 9.86. The summed E-state index contributed by atoms with van der Waals surface area (Å²) in [7, 11) is 0. The van der Waals surface area contributed by atoms with Gasteiger partial charge in [-0.25, -0.2) is 4.98 Å². The van der Waals surface area contributed by atoms with E-state index in [-0.39, 0.29) is 17.3 Å². The maximum absolute atomic E-state index is 12.6. The molecule has 1 aromatic heterocycles. The molecule has 1 aliphatic rings. The van der Waals surface area contributed by atoms with Crippen LogP contribution in [0.4, 0.5) is 0 Å². The number of fused-ring (bicyclic) bond motifs is 1. The quantitative estimate of drug-likeness (QED) is 0.561. The third-order valence-corrected chi connectivity index (χ3v) is 6.36. The molecule has 29 heavy (non-hydrogen) atoms. The van der Waals surface area contributed by atoms with Crippen molar-refractivity contribution in [1.29, 1.82) is 0 Å². The van der Waals surface area contributed by atoms with E-state index < -0.39 is 0 Å². The number of hydrogen-bond donors (Lipinski definition) is 1. The summed E-state index contributed by atoms with van der Waals surface area (Å²) in [4.78, 5) is 17.4. The van der Waals surface area contributed by atoms with E-state index in [0.717, 1.165) is 35.6 Å². The predicted molar refractivity (Wildman–Crippen MR) is 118 cm³/mol. The van der Waals surface area contributed by atoms with Gasteiger partial charge in [-0.05, 0) is 43.5 Å². The number of aromatic nitrogens is 2. The second-order valence-electron chi connectivity index (χ2n) is 7.24. The molecule has 1 saturated heterocycles. The highest BCUT2D eigenvalue weighted by molar-refractivity contribution is 8.00. The largest absolute Gasteiger partial charge is 0.376 e. The van der Waals surface area contributed by atoms with Gasteiger partial charge in [-0.15, -0.1) is 0 Å². The molecule has 5 nitrogen and oxygen atoms in total. The topological polar surface area (TPSA) is 56.2 Å². The minimum Gasteiger partial charge on any atom is -0.376 e. The van der Waals surface area contributed by atoms with E-state index in [4.69, 9.17) is 21.3 Å². The molecular formula is C22H24ClN3O2S. The van der Waals surface area contributed by atoms with Gasteiger partial charge in [0.2, 0.25) is 5.91 Å². The Morgan fingerprint density at radius 1 is 1.34 bits per heavy atom. The fourth-order valence-electron chi connectivity index (χ4n) is 3.46. The van der Waals surface area contributed by atoms with Gasteiger partial charge < -0.3 is 14.6 Å². The number of rotatable bonds is 7. The van der Waals surface area contributed by atoms with Crippen LogP contribution in [0.2, 0.25) is 5.02 Å². The number of benzene rings is 2. The molecule has 4 rings (SSSR count). The first kappa shape index (κ1) is 20.3. The van der Waals surface area contributed by atoms with Crippen LogP contribution in [0.15, 0.2) is 53.7 Å². The van der Waals surface area contributed by atoms with E-state index in [1.165, 1.54) is 17.3 Å². The van der Waals surface area contributed by atoms with E-state index in [1.54, 1.807) is 0 Å². The highest BCUT2D eigenvalue weighted by atomic mass is 35.5. The Labute approximate surface area is 179 Å². The lowest BCUT2D eigenvalue weighted by atomic mass is 10.2. The van der Waals surface area contributed by atoms with Crippen molar-refractivity contribution in [2.45, 2.75) is 42.8 Å². The summed E-state index contributed by atoms with van der Waals surface area (Å²) in [6.45, 7) is 3.96. The van der Waals surface area contributed by atoms with Crippen LogP contribution in [0, 0.1) is 0 Å². The van der Waals surface area contributed by atoms with Gasteiger partial charge in [0.05, 0.1) is 28.9 Å². The summed E-state index contributed by atoms with van der Waals surface area (Å²) < 4.78 is 7.74. The molecule has 7 heteroatoms. The third-order valence-electron chi connectivity index (χ3n) is 5.04. The fourth-order valence-corrected chi connectivity index (χ4v) is 4.58. The Kier molecular flexibility index (Phi) is 6.43. The minimum absolute atomic E-state index is 0.00171. The van der Waals surface area contributed by atoms with Gasteiger partial charge in [0.1, 0.15) is 0 Å². The van der Waals surface area contributed by atoms with Crippen molar-refractivity contribution in [3.63, 3.8) is 0 Å². The standard InChI is InChI=1S/C22H24ClN3O2S/c1-15(21(27)24-13-18-8-5-11-28-18)29-22-25-19-12-17(23)9-10-20(19)26(22)14-16-6-3-2-4-7-16/h2-4,6-7,9-10,12,15,18H,5,8,11,13-14H2,1H3,(H,24,27)/t15-,18-/m1/s1. The average Bonchev–Trinajstić information content (AvgIpc) is 3.35. The zero-order chi connectivity index (χ0) is 20.2. The maximum atomic E-state index is 12.6. The average molecular weight is 430 g/mol. The summed E-state index contributed by atoms with van der Waals surface area (Å²) in [5.41, 5.74) is 3.02. The summed E-state index contributed by atoms with van der Waals surface area (Å²) in [5.74, 6) is 0.00171. The zero-order valence-corrected chi connectivity index (χ0v) is 17.9. The van der Waals surface area contributed by atoms with Crippen molar-refractivity contribution in [2.75, 3.05) is 13.2 Å². The van der Waals surface area contributed by atoms with Crippen LogP contribution in [0.3, 0.4) is 0 Å². The molecule has 2 heterocycles. The Bertz CT molecular complexity index is 986. The lowest BCUT2D eigenvalue weighted by Crippen LogP contribution is -2.36. The Balaban J connectivity index is 1.53. The lowest BCUT2D eigenvalue weighted by Gasteiger charge is -2.15. The number of thioether (sulfide) groups is 1. The molecule has 1 aliphatic heterocycles. The maximum Gasteiger partial charge on any atom is 0.233 e. The monoisotopic (exact) mass is 429 g/mol. The highest BCUT2D eigenvalue weighted by Gasteiger charge is 2.22. The van der Waals surface area contributed by atoms with Gasteiger partial charge in [-0.1, -0.05) is 53.7 Å². The van der Waals surface area contributed by atoms with Crippen molar-refractivity contribution in [3.05, 3.63) is 59.1 Å². The molecule has 1 fully saturated rings. The molecule has 0 spiro atoms. The van der Waals surface area contributed by atoms with Gasteiger partial charge in [-0.3, -0.25) is 4.79 Å². The van der Waals surface area contributed by atoms with Gasteiger partial charge in [0, 0.05) is 18.2 Å². The second-order valence-corrected chi connectivity index (χ2v) is 8.98. The molecule has 0 aliphatic carbocycles. The van der Waals surface area contributed by atoms with Crippen molar-refractivity contribution >= 4 is 40.3 Å². The number of amides is 1. The summed E-state index contributed by atoms with van der Waals surface area (Å²) in [6.07, 6.45) is 2.22. The number of carbonyl (C=O) groups excluding carboxylic acids is 1. The molecule has 3 aromatic rings. The smallest absolute Gasteiger partial charge is 0.233 e. The summed E-state index contributed by atoms with van der Waals surface area (Å²) >= 11 is 7.64. The number of carbonyl (C=O) groups is 1. The fraction of sp³-hybridized carbons (Fsp3) is 0.364. The van der Waals surface area contributed by atoms with Gasteiger partial charge >= 0.3 is 0 Å². The number of ether oxygens (including phenoxy) is 1. The SMILES string of the molecule is C[C@@H](Sc1nc2cc(Cl)ccc2n1Cc1ccccc1)C(=O)NC[C@H]1CCCO1. The molecule has 1 N–H and O–H groups in total. The summed E-state index contributed by atoms with van der Waals surface area (Å²) in [5, 5.41) is 4.21. The van der Waals surface area contributed by atoms with Crippen LogP contribution in [-0.2, 0) is 16.1 Å². The zero-order valence-electron chi connectivity index (χ0n) is 16.3. The molecule has 2 atom stereocenters. The van der Waals surface area contributed by atoms with Crippen molar-refractivity contribution < 1.29 is 9.53 Å². The van der Waals surface area contributed by atoms with Crippen LogP contribution >= 0.6 is 23.4 Å². The molecule has 152 valence electrons. The number of hydrogen-bond acceptors (Lipinski definition) is 4. The van der Waals surface area contributed by atoms with Crippen LogP contribution in [0.5, 0.6) is 0 Å². The molecule has 0 saturated carbocycles. The Hall–Kier alpha value is -2.02. The highest BCUT2D eigenvalue weighted by Crippen LogP contribution is 2.29. The van der Waals surface area contributed by atoms with Crippen LogP contribution in [0.1, 0.15) is 25.3 Å². The first-order chi connectivity index (χ1) is 14.1. The normalized spacial score (nSPS) is 17.5. The van der Waals surface area contributed by atoms with Gasteiger partial charge in [0.15, 0.2) is 5.16 Å². The second kappa shape index (κ2) is 9.20. The van der Waals surface area contributed by atoms with E-state index in [2.05, 4.69) is 22.0 Å². The van der Waals surface area contributed by atoms with Crippen LogP contribution in [0.25, 0.3) is 11.0 Å². The molecule has 1 amide bonds. The van der Waals surface area contributed by atoms with Crippen LogP contribution < -0.4 is 5.32 Å². The van der Waals surface area contributed by atoms with Gasteiger partial charge in [-0.2, -0.15) is 0 Å². The molecular weight excluding hydrogens is 406 g/mol. The van der Waals surface area contributed by atoms with E-state index in [1.807, 2.05) is 43.3 Å². The molecule has 0 bridgehead atoms. The number of nitrogens with one attached hydrogen (secondary N) is 1. The first-order valence-corrected chi connectivity index (χ1v) is 11.1. The van der Waals surface area contributed by atoms with Crippen molar-refractivity contribution in [3.8, 4) is 0 Å². The molecule has 0 radical (unpaired) electrons. The molecule has 0 unspecified atom stereocenters. The predicted octanol–water partition coefficient (Wildman–Crippen LogP) is 4.51. The van der Waals surface area contributed by atoms with Crippen LogP contribution in [-0.4, -0.2) is 40.0 Å². The number of imidazole rings is 1. The Morgan fingerprint density at radius 3 is 2.93 bits per heavy atom.